The van der Waals surface area contributed by atoms with Crippen molar-refractivity contribution >= 4 is 27.3 Å². The van der Waals surface area contributed by atoms with Crippen molar-refractivity contribution in [2.24, 2.45) is 5.41 Å². The number of carbonyl (C=O) groups excluding carboxylic acids is 1. The van der Waals surface area contributed by atoms with Crippen LogP contribution in [0.1, 0.15) is 47.1 Å². The van der Waals surface area contributed by atoms with Crippen LogP contribution in [0.3, 0.4) is 0 Å². The summed E-state index contributed by atoms with van der Waals surface area (Å²) in [6.45, 7) is 12.6. The van der Waals surface area contributed by atoms with Crippen molar-refractivity contribution in [3.63, 3.8) is 0 Å². The first-order chi connectivity index (χ1) is 11.1. The summed E-state index contributed by atoms with van der Waals surface area (Å²) in [5, 5.41) is 0. The number of rotatable bonds is 2. The minimum Gasteiger partial charge on any atom is -0.492 e. The van der Waals surface area contributed by atoms with Gasteiger partial charge in [0.05, 0.1) is 6.61 Å². The van der Waals surface area contributed by atoms with Crippen LogP contribution in [0, 0.1) is 5.41 Å². The highest BCUT2D eigenvalue weighted by Crippen LogP contribution is 2.36. The number of hydrogen-bond acceptors (Lipinski definition) is 2. The first kappa shape index (κ1) is 20.4. The summed E-state index contributed by atoms with van der Waals surface area (Å²) in [4.78, 5) is 10.4. The lowest BCUT2D eigenvalue weighted by molar-refractivity contribution is -0.112. The number of benzene rings is 1. The molecule has 0 amide bonds. The van der Waals surface area contributed by atoms with Crippen molar-refractivity contribution in [1.29, 1.82) is 0 Å². The molecule has 1 aromatic carbocycles. The molecular weight excluding hydrogens is 364 g/mol. The molecule has 0 spiro atoms. The highest BCUT2D eigenvalue weighted by molar-refractivity contribution is 9.10. The van der Waals surface area contributed by atoms with Crippen molar-refractivity contribution in [1.82, 2.24) is 0 Å². The molecule has 1 aromatic rings. The van der Waals surface area contributed by atoms with E-state index in [0.717, 1.165) is 22.4 Å². The van der Waals surface area contributed by atoms with Gasteiger partial charge in [0.1, 0.15) is 5.75 Å². The first-order valence-corrected chi connectivity index (χ1v) is 8.87. The Morgan fingerprint density at radius 1 is 1.29 bits per heavy atom. The monoisotopic (exact) mass is 390 g/mol. The summed E-state index contributed by atoms with van der Waals surface area (Å²) >= 11 is 3.49. The molecule has 0 aliphatic carbocycles. The molecule has 0 fully saturated rings. The van der Waals surface area contributed by atoms with Gasteiger partial charge in [-0.2, -0.15) is 0 Å². The summed E-state index contributed by atoms with van der Waals surface area (Å²) in [7, 11) is 0. The van der Waals surface area contributed by atoms with Gasteiger partial charge in [-0.15, -0.1) is 0 Å². The van der Waals surface area contributed by atoms with Gasteiger partial charge in [-0.05, 0) is 63.1 Å². The van der Waals surface area contributed by atoms with Crippen molar-refractivity contribution in [3.05, 3.63) is 58.1 Å². The molecule has 0 N–H and O–H groups in total. The average Bonchev–Trinajstić information content (AvgIpc) is 2.55. The minimum absolute atomic E-state index is 0.102. The normalized spacial score (nSPS) is 16.3. The fourth-order valence-corrected chi connectivity index (χ4v) is 2.90. The van der Waals surface area contributed by atoms with Crippen LogP contribution in [-0.4, -0.2) is 12.4 Å². The number of hydrogen-bond donors (Lipinski definition) is 0. The molecule has 1 aliphatic heterocycles. The van der Waals surface area contributed by atoms with Gasteiger partial charge in [0, 0.05) is 15.5 Å². The third-order valence-corrected chi connectivity index (χ3v) is 3.93. The SMILES string of the molecule is C/C=C/C(C)=C/C(C)=O.CC1=CC(C)(C)COc2ccc(Br)cc21. The number of halogens is 1. The average molecular weight is 391 g/mol. The highest BCUT2D eigenvalue weighted by Gasteiger charge is 2.21. The molecular formula is C21H27BrO2. The quantitative estimate of drug-likeness (QED) is 0.433. The second-order valence-corrected chi connectivity index (χ2v) is 7.66. The molecule has 0 saturated carbocycles. The van der Waals surface area contributed by atoms with Crippen molar-refractivity contribution in [3.8, 4) is 5.75 Å². The van der Waals surface area contributed by atoms with Crippen molar-refractivity contribution in [2.45, 2.75) is 41.5 Å². The van der Waals surface area contributed by atoms with E-state index in [-0.39, 0.29) is 11.2 Å². The zero-order valence-electron chi connectivity index (χ0n) is 15.4. The topological polar surface area (TPSA) is 26.3 Å². The summed E-state index contributed by atoms with van der Waals surface area (Å²) < 4.78 is 6.91. The van der Waals surface area contributed by atoms with E-state index in [1.165, 1.54) is 11.1 Å². The Hall–Kier alpha value is -1.61. The summed E-state index contributed by atoms with van der Waals surface area (Å²) in [5.74, 6) is 1.09. The predicted molar refractivity (Wildman–Crippen MR) is 106 cm³/mol. The maximum atomic E-state index is 10.4. The van der Waals surface area contributed by atoms with Gasteiger partial charge in [-0.1, -0.05) is 48.0 Å². The maximum Gasteiger partial charge on any atom is 0.152 e. The minimum atomic E-state index is 0.102. The molecule has 1 aliphatic rings. The van der Waals surface area contributed by atoms with Gasteiger partial charge >= 0.3 is 0 Å². The van der Waals surface area contributed by atoms with Gasteiger partial charge in [0.15, 0.2) is 5.78 Å². The molecule has 0 atom stereocenters. The Morgan fingerprint density at radius 3 is 2.54 bits per heavy atom. The number of allylic oxidation sites excluding steroid dienone is 5. The fraction of sp³-hybridized carbons (Fsp3) is 0.381. The first-order valence-electron chi connectivity index (χ1n) is 8.08. The van der Waals surface area contributed by atoms with E-state index >= 15 is 0 Å². The van der Waals surface area contributed by atoms with Crippen LogP contribution in [0.25, 0.3) is 5.57 Å². The lowest BCUT2D eigenvalue weighted by atomic mass is 9.91. The van der Waals surface area contributed by atoms with Gasteiger partial charge in [-0.25, -0.2) is 0 Å². The van der Waals surface area contributed by atoms with Crippen LogP contribution in [0.15, 0.2) is 52.5 Å². The maximum absolute atomic E-state index is 10.4. The van der Waals surface area contributed by atoms with E-state index in [9.17, 15) is 4.79 Å². The lowest BCUT2D eigenvalue weighted by Crippen LogP contribution is -2.17. The van der Waals surface area contributed by atoms with Crippen LogP contribution in [0.2, 0.25) is 0 Å². The van der Waals surface area contributed by atoms with Crippen molar-refractivity contribution in [2.75, 3.05) is 6.61 Å². The molecule has 0 unspecified atom stereocenters. The summed E-state index contributed by atoms with van der Waals surface area (Å²) in [5.41, 5.74) is 3.59. The highest BCUT2D eigenvalue weighted by atomic mass is 79.9. The van der Waals surface area contributed by atoms with Gasteiger partial charge in [0.25, 0.3) is 0 Å². The van der Waals surface area contributed by atoms with E-state index in [0.29, 0.717) is 0 Å². The standard InChI is InChI=1S/C13H15BrO.C8H12O/c1-9-7-13(2,3)8-15-12-5-4-10(14)6-11(9)12;1-4-5-7(2)6-8(3)9/h4-7H,8H2,1-3H3;4-6H,1-3H3/b;5-4+,7-6+. The predicted octanol–water partition coefficient (Wildman–Crippen LogP) is 6.37. The van der Waals surface area contributed by atoms with E-state index in [1.54, 1.807) is 13.0 Å². The molecule has 0 aromatic heterocycles. The Kier molecular flexibility index (Phi) is 7.68. The van der Waals surface area contributed by atoms with Crippen LogP contribution in [0.4, 0.5) is 0 Å². The smallest absolute Gasteiger partial charge is 0.152 e. The van der Waals surface area contributed by atoms with Crippen LogP contribution < -0.4 is 4.74 Å². The molecule has 1 heterocycles. The number of ketones is 1. The second kappa shape index (κ2) is 9.03. The van der Waals surface area contributed by atoms with Crippen LogP contribution in [-0.2, 0) is 4.79 Å². The van der Waals surface area contributed by atoms with Crippen LogP contribution in [0.5, 0.6) is 5.75 Å². The Morgan fingerprint density at radius 2 is 1.96 bits per heavy atom. The molecule has 0 radical (unpaired) electrons. The molecule has 0 bridgehead atoms. The molecule has 3 heteroatoms. The Balaban J connectivity index is 0.000000277. The molecule has 130 valence electrons. The zero-order chi connectivity index (χ0) is 18.3. The van der Waals surface area contributed by atoms with E-state index in [1.807, 2.05) is 38.1 Å². The van der Waals surface area contributed by atoms with E-state index in [4.69, 9.17) is 4.74 Å². The van der Waals surface area contributed by atoms with Crippen molar-refractivity contribution < 1.29 is 9.53 Å². The van der Waals surface area contributed by atoms with E-state index in [2.05, 4.69) is 48.8 Å². The largest absolute Gasteiger partial charge is 0.492 e. The molecule has 0 saturated heterocycles. The molecule has 24 heavy (non-hydrogen) atoms. The number of ether oxygens (including phenoxy) is 1. The van der Waals surface area contributed by atoms with Gasteiger partial charge in [-0.3, -0.25) is 4.79 Å². The summed E-state index contributed by atoms with van der Waals surface area (Å²) in [6.07, 6.45) is 7.71. The zero-order valence-corrected chi connectivity index (χ0v) is 17.0. The lowest BCUT2D eigenvalue weighted by Gasteiger charge is -2.18. The van der Waals surface area contributed by atoms with Gasteiger partial charge < -0.3 is 4.74 Å². The molecule has 2 rings (SSSR count). The molecule has 2 nitrogen and oxygen atoms in total. The second-order valence-electron chi connectivity index (χ2n) is 6.74. The number of carbonyl (C=O) groups is 1. The van der Waals surface area contributed by atoms with Gasteiger partial charge in [0.2, 0.25) is 0 Å². The Bertz CT molecular complexity index is 679. The fourth-order valence-electron chi connectivity index (χ4n) is 2.54. The summed E-state index contributed by atoms with van der Waals surface area (Å²) in [6, 6.07) is 6.16. The van der Waals surface area contributed by atoms with Crippen LogP contribution >= 0.6 is 15.9 Å². The third-order valence-electron chi connectivity index (χ3n) is 3.43. The number of fused-ring (bicyclic) bond motifs is 1. The van der Waals surface area contributed by atoms with E-state index < -0.39 is 0 Å². The third kappa shape index (κ3) is 6.88. The Labute approximate surface area is 154 Å².